The number of nitrogens with zero attached hydrogens (tertiary/aromatic N) is 3. The van der Waals surface area contributed by atoms with Crippen LogP contribution in [0.4, 0.5) is 0 Å². The van der Waals surface area contributed by atoms with Gasteiger partial charge in [0.1, 0.15) is 12.3 Å². The number of nitrogens with one attached hydrogen (secondary N) is 2. The number of hydrogen-bond acceptors (Lipinski definition) is 7. The van der Waals surface area contributed by atoms with Gasteiger partial charge in [0.05, 0.1) is 17.3 Å². The first-order valence-electron chi connectivity index (χ1n) is 7.99. The van der Waals surface area contributed by atoms with Crippen LogP contribution < -0.4 is 20.3 Å². The van der Waals surface area contributed by atoms with E-state index in [1.54, 1.807) is 7.11 Å². The fraction of sp³-hybridized carbons (Fsp3) is 0.312. The summed E-state index contributed by atoms with van der Waals surface area (Å²) in [6.07, 6.45) is 0.273. The topological polar surface area (TPSA) is 105 Å². The number of aryl methyl sites for hydroxylation is 1. The Labute approximate surface area is 163 Å². The molecule has 1 fully saturated rings. The van der Waals surface area contributed by atoms with Crippen molar-refractivity contribution in [2.75, 3.05) is 13.7 Å². The van der Waals surface area contributed by atoms with Gasteiger partial charge in [-0.3, -0.25) is 24.7 Å². The summed E-state index contributed by atoms with van der Waals surface area (Å²) >= 11 is 6.47. The third kappa shape index (κ3) is 4.14. The lowest BCUT2D eigenvalue weighted by Gasteiger charge is -2.13. The zero-order valence-electron chi connectivity index (χ0n) is 14.6. The van der Waals surface area contributed by atoms with Crippen LogP contribution in [-0.2, 0) is 21.4 Å². The highest BCUT2D eigenvalue weighted by molar-refractivity contribution is 7.80. The lowest BCUT2D eigenvalue weighted by molar-refractivity contribution is -0.142. The average Bonchev–Trinajstić information content (AvgIpc) is 3.13. The maximum absolute atomic E-state index is 11.9. The molecule has 27 heavy (non-hydrogen) atoms. The summed E-state index contributed by atoms with van der Waals surface area (Å²) in [5.41, 5.74) is 3.58. The largest absolute Gasteiger partial charge is 0.497 e. The highest BCUT2D eigenvalue weighted by Gasteiger charge is 2.30. The summed E-state index contributed by atoms with van der Waals surface area (Å²) in [5.74, 6) is -0.521. The minimum Gasteiger partial charge on any atom is -0.497 e. The van der Waals surface area contributed by atoms with Gasteiger partial charge < -0.3 is 14.6 Å². The van der Waals surface area contributed by atoms with Crippen molar-refractivity contribution in [1.29, 1.82) is 0 Å². The number of rotatable bonds is 4. The van der Waals surface area contributed by atoms with Crippen molar-refractivity contribution in [3.05, 3.63) is 23.0 Å². The van der Waals surface area contributed by atoms with E-state index in [2.05, 4.69) is 15.8 Å². The number of ether oxygens (including phenoxy) is 1. The molecule has 0 unspecified atom stereocenters. The molecule has 9 nitrogen and oxygen atoms in total. The standard InChI is InChI=1S/C16H17N5O4S2/c1-20-10-4-3-9(25-2)7-11(10)27-16(20)19-18-15(26)17-12(22)8-21-13(23)5-6-14(21)24/h3-4,7H,5-6,8H2,1-2H3,(H2,17,18,22,26)/b19-16-. The maximum atomic E-state index is 11.9. The van der Waals surface area contributed by atoms with Gasteiger partial charge in [-0.25, -0.2) is 0 Å². The average molecular weight is 407 g/mol. The minimum absolute atomic E-state index is 0.0193. The SMILES string of the molecule is COc1ccc2c(c1)s/c(=N\NC(=S)NC(=O)CN1C(=O)CCC1=O)n2C. The van der Waals surface area contributed by atoms with E-state index in [1.807, 2.05) is 29.8 Å². The fourth-order valence-corrected chi connectivity index (χ4v) is 3.75. The lowest BCUT2D eigenvalue weighted by atomic mass is 10.3. The Morgan fingerprint density at radius 2 is 2.04 bits per heavy atom. The molecule has 0 bridgehead atoms. The number of aromatic nitrogens is 1. The Morgan fingerprint density at radius 1 is 1.33 bits per heavy atom. The molecule has 0 radical (unpaired) electrons. The number of imide groups is 1. The van der Waals surface area contributed by atoms with Gasteiger partial charge in [-0.2, -0.15) is 0 Å². The van der Waals surface area contributed by atoms with E-state index in [1.165, 1.54) is 11.3 Å². The van der Waals surface area contributed by atoms with Crippen molar-refractivity contribution in [3.63, 3.8) is 0 Å². The number of thiocarbonyl (C=S) groups is 1. The number of benzene rings is 1. The van der Waals surface area contributed by atoms with Gasteiger partial charge in [0.2, 0.25) is 22.5 Å². The van der Waals surface area contributed by atoms with Crippen LogP contribution in [0.3, 0.4) is 0 Å². The van der Waals surface area contributed by atoms with E-state index in [4.69, 9.17) is 17.0 Å². The Kier molecular flexibility index (Phi) is 5.51. The molecule has 1 aliphatic heterocycles. The van der Waals surface area contributed by atoms with Gasteiger partial charge in [-0.1, -0.05) is 11.3 Å². The molecule has 0 atom stereocenters. The highest BCUT2D eigenvalue weighted by Crippen LogP contribution is 2.22. The molecule has 2 N–H and O–H groups in total. The number of likely N-dealkylation sites (tertiary alicyclic amines) is 1. The molecular formula is C16H17N5O4S2. The van der Waals surface area contributed by atoms with Gasteiger partial charge in [-0.15, -0.1) is 5.10 Å². The maximum Gasteiger partial charge on any atom is 0.246 e. The van der Waals surface area contributed by atoms with E-state index in [-0.39, 0.29) is 36.3 Å². The van der Waals surface area contributed by atoms with Crippen LogP contribution in [0, 0.1) is 0 Å². The first kappa shape index (κ1) is 19.0. The van der Waals surface area contributed by atoms with Gasteiger partial charge >= 0.3 is 0 Å². The van der Waals surface area contributed by atoms with Crippen molar-refractivity contribution in [3.8, 4) is 5.75 Å². The molecule has 2 heterocycles. The first-order valence-corrected chi connectivity index (χ1v) is 9.22. The Hall–Kier alpha value is -2.79. The molecule has 0 saturated carbocycles. The van der Waals surface area contributed by atoms with E-state index < -0.39 is 5.91 Å². The quantitative estimate of drug-likeness (QED) is 0.426. The van der Waals surface area contributed by atoms with Crippen molar-refractivity contribution in [2.45, 2.75) is 12.8 Å². The van der Waals surface area contributed by atoms with Crippen LogP contribution in [-0.4, -0.2) is 46.0 Å². The van der Waals surface area contributed by atoms with Crippen molar-refractivity contribution >= 4 is 56.6 Å². The van der Waals surface area contributed by atoms with E-state index in [9.17, 15) is 14.4 Å². The normalized spacial score (nSPS) is 14.7. The van der Waals surface area contributed by atoms with Crippen LogP contribution in [0.1, 0.15) is 12.8 Å². The zero-order chi connectivity index (χ0) is 19.6. The Balaban J connectivity index is 1.65. The molecule has 1 saturated heterocycles. The van der Waals surface area contributed by atoms with Crippen LogP contribution in [0.15, 0.2) is 23.3 Å². The molecular weight excluding hydrogens is 390 g/mol. The molecule has 1 aromatic carbocycles. The van der Waals surface area contributed by atoms with Gasteiger partial charge in [-0.05, 0) is 30.4 Å². The second-order valence-corrected chi connectivity index (χ2v) is 7.17. The summed E-state index contributed by atoms with van der Waals surface area (Å²) in [7, 11) is 3.46. The summed E-state index contributed by atoms with van der Waals surface area (Å²) in [6, 6.07) is 5.69. The molecule has 1 aromatic heterocycles. The van der Waals surface area contributed by atoms with Crippen LogP contribution in [0.25, 0.3) is 10.2 Å². The van der Waals surface area contributed by atoms with Crippen LogP contribution in [0.5, 0.6) is 5.75 Å². The molecule has 1 aliphatic rings. The van der Waals surface area contributed by atoms with Gasteiger partial charge in [0.15, 0.2) is 5.11 Å². The number of fused-ring (bicyclic) bond motifs is 1. The smallest absolute Gasteiger partial charge is 0.246 e. The van der Waals surface area contributed by atoms with Gasteiger partial charge in [0, 0.05) is 19.9 Å². The number of hydrogen-bond donors (Lipinski definition) is 2. The van der Waals surface area contributed by atoms with Crippen molar-refractivity contribution in [2.24, 2.45) is 12.1 Å². The summed E-state index contributed by atoms with van der Waals surface area (Å²) < 4.78 is 8.07. The van der Waals surface area contributed by atoms with Crippen LogP contribution in [0.2, 0.25) is 0 Å². The molecule has 2 aromatic rings. The Bertz CT molecular complexity index is 994. The highest BCUT2D eigenvalue weighted by atomic mass is 32.1. The predicted molar refractivity (Wildman–Crippen MR) is 103 cm³/mol. The molecule has 11 heteroatoms. The third-order valence-electron chi connectivity index (χ3n) is 3.98. The van der Waals surface area contributed by atoms with Crippen molar-refractivity contribution < 1.29 is 19.1 Å². The second kappa shape index (κ2) is 7.84. The first-order chi connectivity index (χ1) is 12.9. The molecule has 0 aliphatic carbocycles. The molecule has 3 amide bonds. The zero-order valence-corrected chi connectivity index (χ0v) is 16.3. The fourth-order valence-electron chi connectivity index (χ4n) is 2.58. The van der Waals surface area contributed by atoms with Crippen LogP contribution >= 0.6 is 23.6 Å². The number of carbonyl (C=O) groups is 3. The molecule has 3 rings (SSSR count). The second-order valence-electron chi connectivity index (χ2n) is 5.75. The summed E-state index contributed by atoms with van der Waals surface area (Å²) in [6.45, 7) is -0.351. The predicted octanol–water partition coefficient (Wildman–Crippen LogP) is 0.204. The number of amides is 3. The summed E-state index contributed by atoms with van der Waals surface area (Å²) in [4.78, 5) is 36.6. The lowest BCUT2D eigenvalue weighted by Crippen LogP contribution is -2.45. The third-order valence-corrected chi connectivity index (χ3v) is 5.27. The van der Waals surface area contributed by atoms with E-state index >= 15 is 0 Å². The molecule has 0 spiro atoms. The minimum atomic E-state index is -0.559. The van der Waals surface area contributed by atoms with Gasteiger partial charge in [0.25, 0.3) is 0 Å². The van der Waals surface area contributed by atoms with E-state index in [0.717, 1.165) is 20.9 Å². The van der Waals surface area contributed by atoms with Crippen molar-refractivity contribution in [1.82, 2.24) is 20.2 Å². The number of carbonyl (C=O) groups excluding carboxylic acids is 3. The number of methoxy groups -OCH3 is 1. The monoisotopic (exact) mass is 407 g/mol. The summed E-state index contributed by atoms with van der Waals surface area (Å²) in [5, 5.41) is 6.59. The van der Waals surface area contributed by atoms with E-state index in [0.29, 0.717) is 4.80 Å². The Morgan fingerprint density at radius 3 is 2.70 bits per heavy atom. The molecule has 142 valence electrons. The number of thiazole rings is 1.